The van der Waals surface area contributed by atoms with Gasteiger partial charge in [-0.15, -0.1) is 0 Å². The zero-order valence-electron chi connectivity index (χ0n) is 50.5. The van der Waals surface area contributed by atoms with Crippen molar-refractivity contribution in [2.75, 3.05) is 0 Å². The summed E-state index contributed by atoms with van der Waals surface area (Å²) >= 11 is 0. The Bertz CT molecular complexity index is 5750. The summed E-state index contributed by atoms with van der Waals surface area (Å²) in [7, 11) is 0. The molecule has 0 saturated carbocycles. The van der Waals surface area contributed by atoms with Gasteiger partial charge in [0.15, 0.2) is 17.6 Å². The Balaban J connectivity index is 0.0000000910. The summed E-state index contributed by atoms with van der Waals surface area (Å²) in [4.78, 5) is 8.36. The van der Waals surface area contributed by atoms with Gasteiger partial charge in [0.1, 0.15) is 23.0 Å². The normalized spacial score (nSPS) is 12.8. The minimum Gasteiger partial charge on any atom is -0.435 e. The van der Waals surface area contributed by atoms with Crippen LogP contribution in [0.4, 0.5) is 0 Å². The maximum atomic E-state index is 6.34. The van der Waals surface area contributed by atoms with Crippen LogP contribution in [0.1, 0.15) is 11.4 Å². The van der Waals surface area contributed by atoms with Gasteiger partial charge in [0, 0.05) is 112 Å². The number of para-hydroxylation sites is 1. The Labute approximate surface area is 528 Å². The molecule has 436 valence electrons. The van der Waals surface area contributed by atoms with E-state index in [4.69, 9.17) is 18.9 Å². The lowest BCUT2D eigenvalue weighted by molar-refractivity contribution is -0.707. The van der Waals surface area contributed by atoms with E-state index in [2.05, 4.69) is 261 Å². The molecule has 0 radical (unpaired) electrons. The Kier molecular flexibility index (Phi) is 12.4. The lowest BCUT2D eigenvalue weighted by Crippen LogP contribution is -2.42. The molecule has 0 saturated heterocycles. The highest BCUT2D eigenvalue weighted by atomic mass is 16.5. The summed E-state index contributed by atoms with van der Waals surface area (Å²) in [6.45, 7) is 6.47. The van der Waals surface area contributed by atoms with E-state index in [0.717, 1.165) is 50.8 Å². The summed E-state index contributed by atoms with van der Waals surface area (Å²) in [5, 5.41) is 18.5. The first-order chi connectivity index (χ1) is 45.5. The minimum atomic E-state index is 0.536. The SMILES string of the molecule is Cc1ccc2ccc3ccc(-c4cccnc4)c4c3c2[n+]1CO4.Cc1ccc2ccc3ccc(-c4ccncc4)c4c3c2[n+]1CO4.c1ccc(-c2ccc3ccc4cc5ccccc5[n+]5c4c3c2OC5)cc1.c1ccc2c(c1)cc1c3c2ccc2ccc[n+](c23)CO1. The Hall–Kier alpha value is -11.9. The Morgan fingerprint density at radius 2 is 0.815 bits per heavy atom. The van der Waals surface area contributed by atoms with E-state index in [1.807, 2.05) is 42.9 Å². The van der Waals surface area contributed by atoms with Crippen LogP contribution in [0.25, 0.3) is 142 Å². The first-order valence-electron chi connectivity index (χ1n) is 31.2. The number of nitrogens with zero attached hydrogens (tertiary/aromatic N) is 6. The van der Waals surface area contributed by atoms with Gasteiger partial charge in [-0.2, -0.15) is 18.3 Å². The van der Waals surface area contributed by atoms with Gasteiger partial charge in [0.2, 0.25) is 27.6 Å². The minimum absolute atomic E-state index is 0.536. The van der Waals surface area contributed by atoms with Crippen molar-refractivity contribution in [3.8, 4) is 56.4 Å². The average Bonchev–Trinajstić information content (AvgIpc) is 0.799. The Morgan fingerprint density at radius 3 is 1.47 bits per heavy atom. The molecule has 6 aromatic heterocycles. The molecule has 92 heavy (non-hydrogen) atoms. The second kappa shape index (κ2) is 21.4. The van der Waals surface area contributed by atoms with Crippen LogP contribution in [0.5, 0.6) is 23.0 Å². The molecule has 0 amide bonds. The van der Waals surface area contributed by atoms with Crippen molar-refractivity contribution in [1.29, 1.82) is 0 Å². The molecule has 4 aliphatic heterocycles. The van der Waals surface area contributed by atoms with E-state index in [1.165, 1.54) is 125 Å². The zero-order valence-corrected chi connectivity index (χ0v) is 50.5. The van der Waals surface area contributed by atoms with Gasteiger partial charge >= 0.3 is 0 Å². The van der Waals surface area contributed by atoms with Crippen molar-refractivity contribution in [2.24, 2.45) is 0 Å². The standard InChI is InChI=1S/C24H16NO.2C20H15N2O.C18H12NO/c1-2-6-16(7-3-1)20-13-12-17-10-11-19-14-18-8-4-5-9-21(18)25-15-26-24(20)22(17)23(19)25;1-13-2-3-16-5-4-15-6-7-17(14-8-10-21-11-9-14)20-18(15)19(16)22(13)12-23-20;1-13-4-5-15-7-6-14-8-9-17(16-3-2-10-21-11-16)20-18(14)19(15)22(13)12-23-20;1-2-6-14-13(4-1)10-16-17-15(14)8-7-12-5-3-9-19(11-20-16)18(12)17/h1-14H,15H2;2*2-11H,12H2,1H3;1-10H,11H2/q4*+1. The lowest BCUT2D eigenvalue weighted by atomic mass is 9.96. The molecular weight excluding hydrogens is 1130 g/mol. The third kappa shape index (κ3) is 8.55. The van der Waals surface area contributed by atoms with Crippen molar-refractivity contribution in [2.45, 2.75) is 40.8 Å². The number of hydrogen-bond acceptors (Lipinski definition) is 6. The van der Waals surface area contributed by atoms with E-state index in [-0.39, 0.29) is 0 Å². The van der Waals surface area contributed by atoms with Crippen molar-refractivity contribution in [3.05, 3.63) is 279 Å². The van der Waals surface area contributed by atoms with Gasteiger partial charge in [-0.3, -0.25) is 9.97 Å². The largest absolute Gasteiger partial charge is 0.435 e. The number of rotatable bonds is 3. The van der Waals surface area contributed by atoms with Crippen LogP contribution < -0.4 is 37.2 Å². The van der Waals surface area contributed by atoms with Crippen LogP contribution in [-0.2, 0) is 26.9 Å². The van der Waals surface area contributed by atoms with Crippen LogP contribution >= 0.6 is 0 Å². The van der Waals surface area contributed by atoms with Crippen LogP contribution in [-0.4, -0.2) is 9.97 Å². The zero-order chi connectivity index (χ0) is 61.0. The molecule has 0 unspecified atom stereocenters. The topological polar surface area (TPSA) is 78.2 Å². The molecule has 17 aromatic rings. The molecule has 0 atom stereocenters. The van der Waals surface area contributed by atoms with Crippen molar-refractivity contribution >= 4 is 108 Å². The smallest absolute Gasteiger partial charge is 0.293 e. The molecule has 0 fully saturated rings. The van der Waals surface area contributed by atoms with Crippen LogP contribution in [0.2, 0.25) is 0 Å². The highest BCUT2D eigenvalue weighted by Crippen LogP contribution is 2.45. The van der Waals surface area contributed by atoms with Gasteiger partial charge in [0.25, 0.3) is 26.9 Å². The van der Waals surface area contributed by atoms with Gasteiger partial charge in [0.05, 0.1) is 21.5 Å². The fraction of sp³-hybridized carbons (Fsp3) is 0.0732. The molecule has 10 heterocycles. The first kappa shape index (κ1) is 53.2. The Morgan fingerprint density at radius 1 is 0.315 bits per heavy atom. The predicted molar refractivity (Wildman–Crippen MR) is 365 cm³/mol. The molecule has 4 aliphatic rings. The quantitative estimate of drug-likeness (QED) is 0.0996. The monoisotopic (exact) mass is 1190 g/mol. The highest BCUT2D eigenvalue weighted by molar-refractivity contribution is 6.19. The average molecular weight is 1190 g/mol. The molecule has 0 spiro atoms. The number of ether oxygens (including phenoxy) is 4. The number of benzene rings is 11. The van der Waals surface area contributed by atoms with E-state index in [0.29, 0.717) is 26.9 Å². The first-order valence-corrected chi connectivity index (χ1v) is 31.2. The summed E-state index contributed by atoms with van der Waals surface area (Å²) in [5.74, 6) is 3.93. The molecule has 0 N–H and O–H groups in total. The van der Waals surface area contributed by atoms with Gasteiger partial charge in [-0.1, -0.05) is 115 Å². The van der Waals surface area contributed by atoms with Crippen LogP contribution in [0.3, 0.4) is 0 Å². The third-order valence-electron chi connectivity index (χ3n) is 18.9. The molecule has 11 aromatic carbocycles. The molecule has 10 nitrogen and oxygen atoms in total. The second-order valence-electron chi connectivity index (χ2n) is 24.0. The van der Waals surface area contributed by atoms with Crippen molar-refractivity contribution < 1.29 is 37.2 Å². The van der Waals surface area contributed by atoms with Crippen LogP contribution in [0.15, 0.2) is 268 Å². The van der Waals surface area contributed by atoms with Crippen molar-refractivity contribution in [1.82, 2.24) is 9.97 Å². The van der Waals surface area contributed by atoms with Gasteiger partial charge in [-0.05, 0) is 141 Å². The number of aryl methyl sites for hydroxylation is 2. The maximum Gasteiger partial charge on any atom is 0.293 e. The van der Waals surface area contributed by atoms with E-state index >= 15 is 0 Å². The molecule has 21 rings (SSSR count). The molecule has 0 bridgehead atoms. The number of fused-ring (bicyclic) bond motifs is 4. The fourth-order valence-electron chi connectivity index (χ4n) is 14.5. The van der Waals surface area contributed by atoms with E-state index in [1.54, 1.807) is 6.20 Å². The third-order valence-corrected chi connectivity index (χ3v) is 18.9. The van der Waals surface area contributed by atoms with E-state index in [9.17, 15) is 0 Å². The van der Waals surface area contributed by atoms with Gasteiger partial charge in [-0.25, -0.2) is 0 Å². The maximum absolute atomic E-state index is 6.34. The molecular formula is C82H58N6O4+4. The predicted octanol–water partition coefficient (Wildman–Crippen LogP) is 17.2. The summed E-state index contributed by atoms with van der Waals surface area (Å²) in [6, 6.07) is 83.5. The summed E-state index contributed by atoms with van der Waals surface area (Å²) in [5.41, 5.74) is 15.5. The van der Waals surface area contributed by atoms with E-state index < -0.39 is 0 Å². The second-order valence-corrected chi connectivity index (χ2v) is 24.0. The molecule has 10 heteroatoms. The number of hydrogen-bond donors (Lipinski definition) is 0. The lowest BCUT2D eigenvalue weighted by Gasteiger charge is -2.19. The number of aromatic nitrogens is 6. The molecule has 0 aliphatic carbocycles. The highest BCUT2D eigenvalue weighted by Gasteiger charge is 2.31. The van der Waals surface area contributed by atoms with Crippen LogP contribution in [0, 0.1) is 13.8 Å². The summed E-state index contributed by atoms with van der Waals surface area (Å²) < 4.78 is 33.7. The number of pyridine rings is 6. The van der Waals surface area contributed by atoms with Gasteiger partial charge < -0.3 is 18.9 Å². The summed E-state index contributed by atoms with van der Waals surface area (Å²) in [6.07, 6.45) is 9.41. The fourth-order valence-corrected chi connectivity index (χ4v) is 14.5. The van der Waals surface area contributed by atoms with Crippen molar-refractivity contribution in [3.63, 3.8) is 0 Å².